The molecule has 0 unspecified atom stereocenters. The van der Waals surface area contributed by atoms with Gasteiger partial charge in [0.15, 0.2) is 5.85 Å². The van der Waals surface area contributed by atoms with Gasteiger partial charge in [0.2, 0.25) is 0 Å². The largest absolute Gasteiger partial charge is 0.497 e. The summed E-state index contributed by atoms with van der Waals surface area (Å²) in [7, 11) is -2.36. The van der Waals surface area contributed by atoms with Crippen molar-refractivity contribution in [2.45, 2.75) is 19.1 Å². The normalized spacial score (nSPS) is 12.5. The summed E-state index contributed by atoms with van der Waals surface area (Å²) in [6.45, 7) is 0.127. The molecular formula is C22H23O5P. The molecule has 0 spiro atoms. The number of benzene rings is 3. The standard InChI is InChI=1S/C22H23O5P/c1-25-21-14-8-13-20(15-21)22(23)28(24,26-16-18-9-4-2-5-10-18)27-17-19-11-6-3-7-12-19/h2-15,22-23H,16-17H2,1H3/t22-/m0/s1. The van der Waals surface area contributed by atoms with Crippen molar-refractivity contribution < 1.29 is 23.5 Å². The summed E-state index contributed by atoms with van der Waals surface area (Å²) < 4.78 is 30.1. The SMILES string of the molecule is COc1cccc([C@@H](O)P(=O)(OCc2ccccc2)OCc2ccccc2)c1. The van der Waals surface area contributed by atoms with Crippen LogP contribution in [0.3, 0.4) is 0 Å². The number of aliphatic hydroxyl groups is 1. The van der Waals surface area contributed by atoms with Crippen LogP contribution in [-0.2, 0) is 26.8 Å². The number of ether oxygens (including phenoxy) is 1. The molecule has 6 heteroatoms. The van der Waals surface area contributed by atoms with E-state index in [2.05, 4.69) is 0 Å². The summed E-state index contributed by atoms with van der Waals surface area (Å²) in [5.74, 6) is -0.885. The molecule has 0 aliphatic rings. The van der Waals surface area contributed by atoms with Gasteiger partial charge in [0.25, 0.3) is 0 Å². The second-order valence-electron chi connectivity index (χ2n) is 6.21. The Morgan fingerprint density at radius 2 is 1.36 bits per heavy atom. The van der Waals surface area contributed by atoms with E-state index in [0.29, 0.717) is 11.3 Å². The van der Waals surface area contributed by atoms with Crippen molar-refractivity contribution in [3.8, 4) is 5.75 Å². The van der Waals surface area contributed by atoms with E-state index in [9.17, 15) is 9.67 Å². The van der Waals surface area contributed by atoms with Gasteiger partial charge < -0.3 is 18.9 Å². The second-order valence-corrected chi connectivity index (χ2v) is 8.29. The number of methoxy groups -OCH3 is 1. The fourth-order valence-corrected chi connectivity index (χ4v) is 4.18. The molecule has 0 radical (unpaired) electrons. The van der Waals surface area contributed by atoms with Crippen LogP contribution >= 0.6 is 7.60 Å². The van der Waals surface area contributed by atoms with E-state index in [-0.39, 0.29) is 13.2 Å². The zero-order chi connectivity index (χ0) is 19.8. The van der Waals surface area contributed by atoms with Crippen LogP contribution in [0.1, 0.15) is 22.5 Å². The van der Waals surface area contributed by atoms with E-state index in [1.165, 1.54) is 7.11 Å². The number of hydrogen-bond donors (Lipinski definition) is 1. The summed E-state index contributed by atoms with van der Waals surface area (Å²) in [6.07, 6.45) is 0. The second kappa shape index (κ2) is 9.67. The number of rotatable bonds is 9. The minimum Gasteiger partial charge on any atom is -0.497 e. The Labute approximate surface area is 165 Å². The third-order valence-corrected chi connectivity index (χ3v) is 6.07. The lowest BCUT2D eigenvalue weighted by Gasteiger charge is -2.24. The zero-order valence-electron chi connectivity index (χ0n) is 15.6. The van der Waals surface area contributed by atoms with Crippen molar-refractivity contribution in [1.82, 2.24) is 0 Å². The summed E-state index contributed by atoms with van der Waals surface area (Å²) in [5.41, 5.74) is 2.08. The lowest BCUT2D eigenvalue weighted by molar-refractivity contribution is 0.133. The molecule has 1 atom stereocenters. The van der Waals surface area contributed by atoms with Crippen molar-refractivity contribution in [2.24, 2.45) is 0 Å². The third kappa shape index (κ3) is 5.31. The molecule has 0 amide bonds. The van der Waals surface area contributed by atoms with Crippen LogP contribution in [0.5, 0.6) is 5.75 Å². The van der Waals surface area contributed by atoms with Gasteiger partial charge in [-0.1, -0.05) is 72.8 Å². The Morgan fingerprint density at radius 3 is 1.86 bits per heavy atom. The first-order valence-corrected chi connectivity index (χ1v) is 10.5. The molecule has 0 saturated heterocycles. The highest BCUT2D eigenvalue weighted by atomic mass is 31.2. The molecule has 1 N–H and O–H groups in total. The highest BCUT2D eigenvalue weighted by Gasteiger charge is 2.36. The lowest BCUT2D eigenvalue weighted by atomic mass is 10.2. The van der Waals surface area contributed by atoms with Crippen LogP contribution in [0.15, 0.2) is 84.9 Å². The first kappa shape index (κ1) is 20.3. The molecular weight excluding hydrogens is 375 g/mol. The Balaban J connectivity index is 1.82. The molecule has 28 heavy (non-hydrogen) atoms. The Hall–Kier alpha value is -2.43. The van der Waals surface area contributed by atoms with E-state index in [4.69, 9.17) is 13.8 Å². The average molecular weight is 398 g/mol. The van der Waals surface area contributed by atoms with Crippen molar-refractivity contribution in [3.05, 3.63) is 102 Å². The summed E-state index contributed by atoms with van der Waals surface area (Å²) in [5, 5.41) is 10.8. The number of aliphatic hydroxyl groups excluding tert-OH is 1. The topological polar surface area (TPSA) is 65.0 Å². The highest BCUT2D eigenvalue weighted by Crippen LogP contribution is 2.60. The van der Waals surface area contributed by atoms with Crippen LogP contribution in [0, 0.1) is 0 Å². The zero-order valence-corrected chi connectivity index (χ0v) is 16.5. The Morgan fingerprint density at radius 1 is 0.821 bits per heavy atom. The quantitative estimate of drug-likeness (QED) is 0.495. The van der Waals surface area contributed by atoms with Gasteiger partial charge in [-0.2, -0.15) is 0 Å². The Bertz CT molecular complexity index is 867. The summed E-state index contributed by atoms with van der Waals surface area (Å²) >= 11 is 0. The molecule has 3 rings (SSSR count). The molecule has 0 aromatic heterocycles. The van der Waals surface area contributed by atoms with Crippen LogP contribution < -0.4 is 4.74 Å². The van der Waals surface area contributed by atoms with E-state index in [0.717, 1.165) is 11.1 Å². The van der Waals surface area contributed by atoms with E-state index in [1.807, 2.05) is 60.7 Å². The molecule has 0 bridgehead atoms. The maximum Gasteiger partial charge on any atom is 0.364 e. The number of hydrogen-bond acceptors (Lipinski definition) is 5. The van der Waals surface area contributed by atoms with Gasteiger partial charge in [-0.3, -0.25) is 4.57 Å². The molecule has 3 aromatic rings. The molecule has 0 fully saturated rings. The molecule has 5 nitrogen and oxygen atoms in total. The van der Waals surface area contributed by atoms with Crippen molar-refractivity contribution in [3.63, 3.8) is 0 Å². The van der Waals surface area contributed by atoms with Crippen molar-refractivity contribution in [2.75, 3.05) is 7.11 Å². The first-order valence-electron chi connectivity index (χ1n) is 8.89. The van der Waals surface area contributed by atoms with Gasteiger partial charge >= 0.3 is 7.60 Å². The van der Waals surface area contributed by atoms with E-state index in [1.54, 1.807) is 24.3 Å². The molecule has 0 aliphatic heterocycles. The molecule has 0 heterocycles. The predicted octanol–water partition coefficient (Wildman–Crippen LogP) is 5.31. The van der Waals surface area contributed by atoms with Gasteiger partial charge in [-0.25, -0.2) is 0 Å². The van der Waals surface area contributed by atoms with Crippen molar-refractivity contribution >= 4 is 7.60 Å². The van der Waals surface area contributed by atoms with Gasteiger partial charge in [-0.05, 0) is 28.8 Å². The maximum absolute atomic E-state index is 13.5. The minimum absolute atomic E-state index is 0.0634. The highest BCUT2D eigenvalue weighted by molar-refractivity contribution is 7.54. The minimum atomic E-state index is -3.89. The van der Waals surface area contributed by atoms with Gasteiger partial charge in [0, 0.05) is 0 Å². The molecule has 146 valence electrons. The van der Waals surface area contributed by atoms with Crippen molar-refractivity contribution in [1.29, 1.82) is 0 Å². The molecule has 3 aromatic carbocycles. The van der Waals surface area contributed by atoms with Crippen LogP contribution in [0.2, 0.25) is 0 Å². The monoisotopic (exact) mass is 398 g/mol. The third-order valence-electron chi connectivity index (χ3n) is 4.20. The predicted molar refractivity (Wildman–Crippen MR) is 108 cm³/mol. The maximum atomic E-state index is 13.5. The van der Waals surface area contributed by atoms with Gasteiger partial charge in [0.05, 0.1) is 20.3 Å². The first-order chi connectivity index (χ1) is 13.6. The van der Waals surface area contributed by atoms with E-state index >= 15 is 0 Å². The van der Waals surface area contributed by atoms with Crippen LogP contribution in [0.25, 0.3) is 0 Å². The smallest absolute Gasteiger partial charge is 0.364 e. The van der Waals surface area contributed by atoms with Crippen LogP contribution in [0.4, 0.5) is 0 Å². The fraction of sp³-hybridized carbons (Fsp3) is 0.182. The summed E-state index contributed by atoms with van der Waals surface area (Å²) in [4.78, 5) is 0. The lowest BCUT2D eigenvalue weighted by Crippen LogP contribution is -2.07. The van der Waals surface area contributed by atoms with Gasteiger partial charge in [0.1, 0.15) is 5.75 Å². The molecule has 0 aliphatic carbocycles. The Kier molecular flexibility index (Phi) is 7.01. The average Bonchev–Trinajstić information content (AvgIpc) is 2.77. The van der Waals surface area contributed by atoms with Crippen LogP contribution in [-0.4, -0.2) is 12.2 Å². The molecule has 0 saturated carbocycles. The summed E-state index contributed by atoms with van der Waals surface area (Å²) in [6, 6.07) is 25.4. The fourth-order valence-electron chi connectivity index (χ4n) is 2.64. The van der Waals surface area contributed by atoms with Gasteiger partial charge in [-0.15, -0.1) is 0 Å². The van der Waals surface area contributed by atoms with E-state index < -0.39 is 13.4 Å².